The van der Waals surface area contributed by atoms with E-state index in [1.807, 2.05) is 17.0 Å². The van der Waals surface area contributed by atoms with Gasteiger partial charge in [0, 0.05) is 43.9 Å². The molecule has 0 aromatic heterocycles. The standard InChI is InChI=1S/C26H33N3O4S/c1-27-25(30)20-10-8-19(9-11-20)18-29(23-14-15-23)26(31)21-12-16-24(17-13-21)34(32,33)28(2)22-6-4-3-5-7-22/h8-13,16-17,22-23H,3-7,14-15,18H2,1-2H3,(H,27,30). The fraction of sp³-hybridized carbons (Fsp3) is 0.462. The van der Waals surface area contributed by atoms with E-state index in [-0.39, 0.29) is 28.8 Å². The molecule has 0 spiro atoms. The van der Waals surface area contributed by atoms with Crippen LogP contribution >= 0.6 is 0 Å². The predicted molar refractivity (Wildman–Crippen MR) is 131 cm³/mol. The van der Waals surface area contributed by atoms with Gasteiger partial charge in [0.15, 0.2) is 0 Å². The summed E-state index contributed by atoms with van der Waals surface area (Å²) in [5.41, 5.74) is 2.00. The van der Waals surface area contributed by atoms with E-state index < -0.39 is 10.0 Å². The number of sulfonamides is 1. The molecule has 0 unspecified atom stereocenters. The Balaban J connectivity index is 1.47. The van der Waals surface area contributed by atoms with Crippen LogP contribution < -0.4 is 5.32 Å². The van der Waals surface area contributed by atoms with Gasteiger partial charge in [0.1, 0.15) is 0 Å². The highest BCUT2D eigenvalue weighted by atomic mass is 32.2. The molecule has 2 aliphatic carbocycles. The zero-order valence-corrected chi connectivity index (χ0v) is 20.7. The van der Waals surface area contributed by atoms with E-state index in [9.17, 15) is 18.0 Å². The topological polar surface area (TPSA) is 86.8 Å². The summed E-state index contributed by atoms with van der Waals surface area (Å²) in [6.07, 6.45) is 6.99. The maximum Gasteiger partial charge on any atom is 0.254 e. The van der Waals surface area contributed by atoms with Crippen LogP contribution in [0, 0.1) is 0 Å². The summed E-state index contributed by atoms with van der Waals surface area (Å²) in [5.74, 6) is -0.256. The molecular formula is C26H33N3O4S. The monoisotopic (exact) mass is 483 g/mol. The van der Waals surface area contributed by atoms with Crippen LogP contribution in [-0.4, -0.2) is 55.6 Å². The molecule has 0 atom stereocenters. The number of benzene rings is 2. The van der Waals surface area contributed by atoms with Crippen molar-refractivity contribution < 1.29 is 18.0 Å². The Morgan fingerprint density at radius 2 is 1.44 bits per heavy atom. The Kier molecular flexibility index (Phi) is 7.38. The summed E-state index contributed by atoms with van der Waals surface area (Å²) in [6.45, 7) is 0.446. The van der Waals surface area contributed by atoms with Gasteiger partial charge in [-0.2, -0.15) is 4.31 Å². The minimum atomic E-state index is -3.59. The molecule has 8 heteroatoms. The Labute approximate surface area is 202 Å². The highest BCUT2D eigenvalue weighted by molar-refractivity contribution is 7.89. The smallest absolute Gasteiger partial charge is 0.254 e. The van der Waals surface area contributed by atoms with E-state index in [1.54, 1.807) is 50.5 Å². The SMILES string of the molecule is CNC(=O)c1ccc(CN(C(=O)c2ccc(S(=O)(=O)N(C)C3CCCCC3)cc2)C2CC2)cc1. The van der Waals surface area contributed by atoms with Crippen molar-refractivity contribution in [2.75, 3.05) is 14.1 Å². The second-order valence-corrected chi connectivity index (χ2v) is 11.3. The number of amides is 2. The lowest BCUT2D eigenvalue weighted by molar-refractivity contribution is 0.0729. The van der Waals surface area contributed by atoms with Gasteiger partial charge in [-0.15, -0.1) is 0 Å². The van der Waals surface area contributed by atoms with Crippen molar-refractivity contribution in [1.82, 2.24) is 14.5 Å². The number of hydrogen-bond acceptors (Lipinski definition) is 4. The number of carbonyl (C=O) groups is 2. The lowest BCUT2D eigenvalue weighted by atomic mass is 9.96. The van der Waals surface area contributed by atoms with Crippen LogP contribution in [-0.2, 0) is 16.6 Å². The van der Waals surface area contributed by atoms with Crippen molar-refractivity contribution in [3.63, 3.8) is 0 Å². The molecule has 2 saturated carbocycles. The maximum atomic E-state index is 13.3. The van der Waals surface area contributed by atoms with Crippen molar-refractivity contribution in [2.45, 2.75) is 68.5 Å². The van der Waals surface area contributed by atoms with Crippen LogP contribution in [0.1, 0.15) is 71.2 Å². The quantitative estimate of drug-likeness (QED) is 0.619. The normalized spacial score (nSPS) is 16.9. The Hall–Kier alpha value is -2.71. The zero-order chi connectivity index (χ0) is 24.3. The third kappa shape index (κ3) is 5.33. The fourth-order valence-corrected chi connectivity index (χ4v) is 6.01. The molecule has 0 saturated heterocycles. The molecule has 4 rings (SSSR count). The van der Waals surface area contributed by atoms with Gasteiger partial charge in [-0.05, 0) is 67.6 Å². The highest BCUT2D eigenvalue weighted by Gasteiger charge is 2.34. The van der Waals surface area contributed by atoms with Crippen LogP contribution in [0.4, 0.5) is 0 Å². The maximum absolute atomic E-state index is 13.3. The van der Waals surface area contributed by atoms with Gasteiger partial charge in [0.05, 0.1) is 4.90 Å². The molecule has 2 fully saturated rings. The second kappa shape index (κ2) is 10.3. The molecule has 182 valence electrons. The highest BCUT2D eigenvalue weighted by Crippen LogP contribution is 2.31. The molecular weight excluding hydrogens is 450 g/mol. The van der Waals surface area contributed by atoms with Crippen LogP contribution in [0.15, 0.2) is 53.4 Å². The van der Waals surface area contributed by atoms with Gasteiger partial charge in [-0.25, -0.2) is 8.42 Å². The van der Waals surface area contributed by atoms with E-state index >= 15 is 0 Å². The Morgan fingerprint density at radius 3 is 2.00 bits per heavy atom. The first-order valence-electron chi connectivity index (χ1n) is 12.0. The van der Waals surface area contributed by atoms with Crippen molar-refractivity contribution in [3.05, 3.63) is 65.2 Å². The first-order chi connectivity index (χ1) is 16.3. The molecule has 2 aromatic rings. The van der Waals surface area contributed by atoms with Crippen molar-refractivity contribution in [2.24, 2.45) is 0 Å². The van der Waals surface area contributed by atoms with Gasteiger partial charge in [0.2, 0.25) is 10.0 Å². The van der Waals surface area contributed by atoms with Crippen molar-refractivity contribution in [3.8, 4) is 0 Å². The molecule has 7 nitrogen and oxygen atoms in total. The largest absolute Gasteiger partial charge is 0.355 e. The summed E-state index contributed by atoms with van der Waals surface area (Å²) in [7, 11) is -0.339. The minimum Gasteiger partial charge on any atom is -0.355 e. The number of rotatable bonds is 8. The summed E-state index contributed by atoms with van der Waals surface area (Å²) in [5, 5.41) is 2.60. The first kappa shape index (κ1) is 24.4. The van der Waals surface area contributed by atoms with Crippen molar-refractivity contribution >= 4 is 21.8 Å². The van der Waals surface area contributed by atoms with Gasteiger partial charge in [-0.1, -0.05) is 31.4 Å². The molecule has 2 aliphatic rings. The van der Waals surface area contributed by atoms with E-state index in [0.29, 0.717) is 17.7 Å². The van der Waals surface area contributed by atoms with E-state index in [4.69, 9.17) is 0 Å². The van der Waals surface area contributed by atoms with Gasteiger partial charge < -0.3 is 10.2 Å². The predicted octanol–water partition coefficient (Wildman–Crippen LogP) is 3.80. The van der Waals surface area contributed by atoms with Gasteiger partial charge in [0.25, 0.3) is 11.8 Å². The van der Waals surface area contributed by atoms with Crippen LogP contribution in [0.3, 0.4) is 0 Å². The number of carbonyl (C=O) groups excluding carboxylic acids is 2. The lowest BCUT2D eigenvalue weighted by Crippen LogP contribution is -2.38. The average molecular weight is 484 g/mol. The Bertz CT molecular complexity index is 1120. The summed E-state index contributed by atoms with van der Waals surface area (Å²) in [4.78, 5) is 27.1. The molecule has 2 aromatic carbocycles. The molecule has 34 heavy (non-hydrogen) atoms. The lowest BCUT2D eigenvalue weighted by Gasteiger charge is -2.30. The van der Waals surface area contributed by atoms with E-state index in [1.165, 1.54) is 4.31 Å². The zero-order valence-electron chi connectivity index (χ0n) is 19.9. The number of hydrogen-bond donors (Lipinski definition) is 1. The molecule has 1 N–H and O–H groups in total. The molecule has 2 amide bonds. The third-order valence-electron chi connectivity index (χ3n) is 6.91. The van der Waals surface area contributed by atoms with Gasteiger partial charge >= 0.3 is 0 Å². The fourth-order valence-electron chi connectivity index (χ4n) is 4.60. The van der Waals surface area contributed by atoms with E-state index in [0.717, 1.165) is 50.5 Å². The summed E-state index contributed by atoms with van der Waals surface area (Å²) in [6, 6.07) is 13.8. The molecule has 0 bridgehead atoms. The van der Waals surface area contributed by atoms with Crippen molar-refractivity contribution in [1.29, 1.82) is 0 Å². The van der Waals surface area contributed by atoms with Gasteiger partial charge in [-0.3, -0.25) is 9.59 Å². The van der Waals surface area contributed by atoms with Crippen LogP contribution in [0.5, 0.6) is 0 Å². The summed E-state index contributed by atoms with van der Waals surface area (Å²) >= 11 is 0. The number of nitrogens with zero attached hydrogens (tertiary/aromatic N) is 2. The molecule has 0 radical (unpaired) electrons. The Morgan fingerprint density at radius 1 is 0.853 bits per heavy atom. The van der Waals surface area contributed by atoms with Crippen LogP contribution in [0.2, 0.25) is 0 Å². The molecule has 0 aliphatic heterocycles. The third-order valence-corrected chi connectivity index (χ3v) is 8.84. The minimum absolute atomic E-state index is 0.0419. The van der Waals surface area contributed by atoms with Crippen LogP contribution in [0.25, 0.3) is 0 Å². The second-order valence-electron chi connectivity index (χ2n) is 9.28. The average Bonchev–Trinajstić information content (AvgIpc) is 3.72. The molecule has 0 heterocycles. The van der Waals surface area contributed by atoms with E-state index in [2.05, 4.69) is 5.32 Å². The number of nitrogens with one attached hydrogen (secondary N) is 1. The summed E-state index contributed by atoms with van der Waals surface area (Å²) < 4.78 is 27.7. The first-order valence-corrected chi connectivity index (χ1v) is 13.5.